The van der Waals surface area contributed by atoms with E-state index in [1.165, 1.54) is 0 Å². The highest BCUT2D eigenvalue weighted by molar-refractivity contribution is 7.81. The summed E-state index contributed by atoms with van der Waals surface area (Å²) in [5.41, 5.74) is 4.77. The standard InChI is InChI=1S/C7H11NO2S/c8-7(6(9)10)2-1-3-4(7)5(3)11/h3-5,11H,1-2,8H2,(H,9,10). The van der Waals surface area contributed by atoms with Crippen molar-refractivity contribution >= 4 is 18.6 Å². The number of nitrogens with two attached hydrogens (primary N) is 1. The van der Waals surface area contributed by atoms with Crippen LogP contribution in [0.3, 0.4) is 0 Å². The Morgan fingerprint density at radius 1 is 1.73 bits per heavy atom. The molecule has 2 saturated carbocycles. The second-order valence-electron chi connectivity index (χ2n) is 3.56. The molecule has 2 aliphatic carbocycles. The van der Waals surface area contributed by atoms with Crippen molar-refractivity contribution < 1.29 is 9.90 Å². The number of carboxylic acids is 1. The molecule has 0 amide bonds. The Hall–Kier alpha value is -0.220. The topological polar surface area (TPSA) is 63.3 Å². The SMILES string of the molecule is NC1(C(=O)O)CCC2C(S)C21. The fourth-order valence-electron chi connectivity index (χ4n) is 2.21. The van der Waals surface area contributed by atoms with Gasteiger partial charge in [-0.1, -0.05) is 0 Å². The first kappa shape index (κ1) is 7.43. The van der Waals surface area contributed by atoms with E-state index in [0.717, 1.165) is 6.42 Å². The van der Waals surface area contributed by atoms with E-state index in [9.17, 15) is 4.79 Å². The van der Waals surface area contributed by atoms with E-state index in [-0.39, 0.29) is 11.2 Å². The smallest absolute Gasteiger partial charge is 0.324 e. The highest BCUT2D eigenvalue weighted by Gasteiger charge is 2.65. The first-order valence-electron chi connectivity index (χ1n) is 3.78. The van der Waals surface area contributed by atoms with E-state index in [0.29, 0.717) is 12.3 Å². The molecule has 0 aromatic rings. The van der Waals surface area contributed by atoms with Crippen molar-refractivity contribution in [3.8, 4) is 0 Å². The third-order valence-corrected chi connectivity index (χ3v) is 3.72. The Balaban J connectivity index is 2.22. The van der Waals surface area contributed by atoms with Crippen molar-refractivity contribution in [3.05, 3.63) is 0 Å². The Bertz CT molecular complexity index is 220. The predicted molar refractivity (Wildman–Crippen MR) is 43.5 cm³/mol. The van der Waals surface area contributed by atoms with Gasteiger partial charge in [0.1, 0.15) is 5.54 Å². The van der Waals surface area contributed by atoms with Crippen molar-refractivity contribution in [2.75, 3.05) is 0 Å². The molecule has 0 aromatic heterocycles. The molecule has 3 nitrogen and oxygen atoms in total. The summed E-state index contributed by atoms with van der Waals surface area (Å²) in [7, 11) is 0. The van der Waals surface area contributed by atoms with Gasteiger partial charge in [0.05, 0.1) is 0 Å². The molecule has 4 atom stereocenters. The lowest BCUT2D eigenvalue weighted by Crippen LogP contribution is -2.49. The van der Waals surface area contributed by atoms with Gasteiger partial charge in [0.25, 0.3) is 0 Å². The monoisotopic (exact) mass is 173 g/mol. The van der Waals surface area contributed by atoms with Crippen LogP contribution in [-0.4, -0.2) is 21.9 Å². The van der Waals surface area contributed by atoms with E-state index in [2.05, 4.69) is 12.6 Å². The molecule has 0 spiro atoms. The average molecular weight is 173 g/mol. The van der Waals surface area contributed by atoms with Gasteiger partial charge in [-0.3, -0.25) is 4.79 Å². The third-order valence-electron chi connectivity index (χ3n) is 3.01. The molecule has 3 N–H and O–H groups in total. The number of hydrogen-bond acceptors (Lipinski definition) is 3. The summed E-state index contributed by atoms with van der Waals surface area (Å²) in [6.45, 7) is 0. The average Bonchev–Trinajstić information content (AvgIpc) is 2.38. The second kappa shape index (κ2) is 1.93. The Kier molecular flexibility index (Phi) is 1.30. The molecule has 0 bridgehead atoms. The lowest BCUT2D eigenvalue weighted by atomic mass is 9.95. The molecule has 2 fully saturated rings. The normalized spacial score (nSPS) is 53.8. The number of carbonyl (C=O) groups is 1. The Morgan fingerprint density at radius 2 is 2.36 bits per heavy atom. The maximum Gasteiger partial charge on any atom is 0.324 e. The Labute approximate surface area is 70.4 Å². The maximum absolute atomic E-state index is 10.7. The molecule has 0 aliphatic heterocycles. The number of carboxylic acid groups (broad SMARTS) is 1. The van der Waals surface area contributed by atoms with Gasteiger partial charge in [-0.2, -0.15) is 12.6 Å². The zero-order valence-corrected chi connectivity index (χ0v) is 6.92. The van der Waals surface area contributed by atoms with Gasteiger partial charge in [-0.15, -0.1) is 0 Å². The fraction of sp³-hybridized carbons (Fsp3) is 0.857. The molecule has 11 heavy (non-hydrogen) atoms. The van der Waals surface area contributed by atoms with Gasteiger partial charge < -0.3 is 10.8 Å². The molecule has 0 aromatic carbocycles. The summed E-state index contributed by atoms with van der Waals surface area (Å²) in [4.78, 5) is 10.7. The molecular weight excluding hydrogens is 162 g/mol. The van der Waals surface area contributed by atoms with Crippen molar-refractivity contribution in [1.82, 2.24) is 0 Å². The van der Waals surface area contributed by atoms with Crippen LogP contribution in [0.25, 0.3) is 0 Å². The zero-order valence-electron chi connectivity index (χ0n) is 6.03. The van der Waals surface area contributed by atoms with Crippen LogP contribution >= 0.6 is 12.6 Å². The van der Waals surface area contributed by atoms with Gasteiger partial charge in [-0.05, 0) is 18.8 Å². The fourth-order valence-corrected chi connectivity index (χ4v) is 2.94. The number of fused-ring (bicyclic) bond motifs is 1. The van der Waals surface area contributed by atoms with Crippen LogP contribution < -0.4 is 5.73 Å². The molecule has 0 saturated heterocycles. The summed E-state index contributed by atoms with van der Waals surface area (Å²) >= 11 is 4.26. The van der Waals surface area contributed by atoms with Crippen LogP contribution in [0.5, 0.6) is 0 Å². The Morgan fingerprint density at radius 3 is 2.64 bits per heavy atom. The lowest BCUT2D eigenvalue weighted by molar-refractivity contribution is -0.143. The molecule has 62 valence electrons. The van der Waals surface area contributed by atoms with Gasteiger partial charge >= 0.3 is 5.97 Å². The number of rotatable bonds is 1. The molecule has 2 aliphatic rings. The van der Waals surface area contributed by atoms with Crippen molar-refractivity contribution in [2.24, 2.45) is 17.6 Å². The number of hydrogen-bond donors (Lipinski definition) is 3. The summed E-state index contributed by atoms with van der Waals surface area (Å²) in [6.07, 6.45) is 1.55. The van der Waals surface area contributed by atoms with E-state index < -0.39 is 11.5 Å². The maximum atomic E-state index is 10.7. The molecule has 0 radical (unpaired) electrons. The van der Waals surface area contributed by atoms with Gasteiger partial charge in [-0.25, -0.2) is 0 Å². The van der Waals surface area contributed by atoms with Crippen molar-refractivity contribution in [3.63, 3.8) is 0 Å². The van der Waals surface area contributed by atoms with Crippen LogP contribution in [-0.2, 0) is 4.79 Å². The minimum atomic E-state index is -0.961. The summed E-state index contributed by atoms with van der Waals surface area (Å²) < 4.78 is 0. The first-order chi connectivity index (χ1) is 5.07. The molecule has 4 unspecified atom stereocenters. The van der Waals surface area contributed by atoms with Crippen LogP contribution in [0.15, 0.2) is 0 Å². The van der Waals surface area contributed by atoms with E-state index in [1.54, 1.807) is 0 Å². The summed E-state index contributed by atoms with van der Waals surface area (Å²) in [5.74, 6) is -0.260. The van der Waals surface area contributed by atoms with Crippen LogP contribution in [0.4, 0.5) is 0 Å². The van der Waals surface area contributed by atoms with Crippen LogP contribution in [0, 0.1) is 11.8 Å². The first-order valence-corrected chi connectivity index (χ1v) is 4.29. The zero-order chi connectivity index (χ0) is 8.22. The van der Waals surface area contributed by atoms with E-state index in [4.69, 9.17) is 10.8 Å². The van der Waals surface area contributed by atoms with Gasteiger partial charge in [0.2, 0.25) is 0 Å². The highest BCUT2D eigenvalue weighted by atomic mass is 32.1. The van der Waals surface area contributed by atoms with Gasteiger partial charge in [0, 0.05) is 11.2 Å². The van der Waals surface area contributed by atoms with Crippen LogP contribution in [0.2, 0.25) is 0 Å². The quantitative estimate of drug-likeness (QED) is 0.493. The lowest BCUT2D eigenvalue weighted by Gasteiger charge is -2.20. The minimum absolute atomic E-state index is 0.128. The van der Waals surface area contributed by atoms with E-state index in [1.807, 2.05) is 0 Å². The number of aliphatic carboxylic acids is 1. The molecule has 0 heterocycles. The van der Waals surface area contributed by atoms with E-state index >= 15 is 0 Å². The van der Waals surface area contributed by atoms with Crippen molar-refractivity contribution in [2.45, 2.75) is 23.6 Å². The molecule has 4 heteroatoms. The van der Waals surface area contributed by atoms with Gasteiger partial charge in [0.15, 0.2) is 0 Å². The third kappa shape index (κ3) is 0.767. The largest absolute Gasteiger partial charge is 0.480 e. The highest BCUT2D eigenvalue weighted by Crippen LogP contribution is 2.59. The van der Waals surface area contributed by atoms with Crippen LogP contribution in [0.1, 0.15) is 12.8 Å². The molecular formula is C7H11NO2S. The summed E-state index contributed by atoms with van der Waals surface area (Å²) in [5, 5.41) is 9.07. The minimum Gasteiger partial charge on any atom is -0.480 e. The van der Waals surface area contributed by atoms with Crippen molar-refractivity contribution in [1.29, 1.82) is 0 Å². The predicted octanol–water partition coefficient (Wildman–Crippen LogP) is 0.107. The second-order valence-corrected chi connectivity index (χ2v) is 4.16. The summed E-state index contributed by atoms with van der Waals surface area (Å²) in [6, 6.07) is 0. The molecule has 2 rings (SSSR count). The number of thiol groups is 1.